The molecule has 0 saturated carbocycles. The van der Waals surface area contributed by atoms with E-state index in [-0.39, 0.29) is 0 Å². The Morgan fingerprint density at radius 2 is 2.19 bits per heavy atom. The Labute approximate surface area is 98.6 Å². The van der Waals surface area contributed by atoms with Crippen molar-refractivity contribution in [3.05, 3.63) is 33.3 Å². The highest BCUT2D eigenvalue weighted by molar-refractivity contribution is 7.12. The van der Waals surface area contributed by atoms with Gasteiger partial charge in [-0.2, -0.15) is 0 Å². The van der Waals surface area contributed by atoms with Gasteiger partial charge >= 0.3 is 0 Å². The fourth-order valence-corrected chi connectivity index (χ4v) is 2.35. The second-order valence-electron chi connectivity index (χ2n) is 3.85. The van der Waals surface area contributed by atoms with Crippen LogP contribution in [-0.2, 0) is 6.54 Å². The van der Waals surface area contributed by atoms with Crippen molar-refractivity contribution in [3.8, 4) is 0 Å². The summed E-state index contributed by atoms with van der Waals surface area (Å²) in [5, 5.41) is 11.0. The van der Waals surface area contributed by atoms with Crippen molar-refractivity contribution in [3.63, 3.8) is 0 Å². The molecule has 5 heteroatoms. The smallest absolute Gasteiger partial charge is 0.121 e. The molecular formula is C11H15N3OS. The molecule has 0 fully saturated rings. The quantitative estimate of drug-likeness (QED) is 0.888. The van der Waals surface area contributed by atoms with Gasteiger partial charge in [-0.15, -0.1) is 11.3 Å². The molecule has 16 heavy (non-hydrogen) atoms. The molecule has 2 aromatic rings. The zero-order chi connectivity index (χ0) is 11.5. The monoisotopic (exact) mass is 237 g/mol. The van der Waals surface area contributed by atoms with Crippen molar-refractivity contribution in [2.45, 2.75) is 33.4 Å². The molecule has 0 saturated heterocycles. The van der Waals surface area contributed by atoms with Crippen LogP contribution in [0.2, 0.25) is 0 Å². The van der Waals surface area contributed by atoms with Crippen LogP contribution in [0.3, 0.4) is 0 Å². The van der Waals surface area contributed by atoms with Crippen molar-refractivity contribution in [2.24, 2.45) is 0 Å². The second kappa shape index (κ2) is 4.76. The Morgan fingerprint density at radius 3 is 2.75 bits per heavy atom. The summed E-state index contributed by atoms with van der Waals surface area (Å²) in [4.78, 5) is 2.68. The first kappa shape index (κ1) is 11.3. The summed E-state index contributed by atoms with van der Waals surface area (Å²) in [7, 11) is 0. The Balaban J connectivity index is 1.93. The minimum absolute atomic E-state index is 0.329. The van der Waals surface area contributed by atoms with Gasteiger partial charge in [0.2, 0.25) is 0 Å². The number of nitrogens with zero attached hydrogens (tertiary/aromatic N) is 2. The third-order valence-corrected chi connectivity index (χ3v) is 3.69. The molecule has 86 valence electrons. The molecule has 0 aliphatic heterocycles. The third-order valence-electron chi connectivity index (χ3n) is 2.51. The summed E-state index contributed by atoms with van der Waals surface area (Å²) in [6.07, 6.45) is 0. The largest absolute Gasteiger partial charge is 0.304 e. The fraction of sp³-hybridized carbons (Fsp3) is 0.455. The second-order valence-corrected chi connectivity index (χ2v) is 5.17. The van der Waals surface area contributed by atoms with E-state index in [1.54, 1.807) is 0 Å². The SMILES string of the molecule is Cc1ccc(C(C)NCc2nonc2C)s1. The molecule has 1 N–H and O–H groups in total. The minimum atomic E-state index is 0.329. The van der Waals surface area contributed by atoms with E-state index in [9.17, 15) is 0 Å². The predicted molar refractivity (Wildman–Crippen MR) is 63.3 cm³/mol. The number of nitrogens with one attached hydrogen (secondary N) is 1. The van der Waals surface area contributed by atoms with E-state index >= 15 is 0 Å². The summed E-state index contributed by atoms with van der Waals surface area (Å²) in [6, 6.07) is 4.63. The fourth-order valence-electron chi connectivity index (χ4n) is 1.45. The molecule has 4 nitrogen and oxygen atoms in total. The highest BCUT2D eigenvalue weighted by Gasteiger charge is 2.10. The van der Waals surface area contributed by atoms with Crippen LogP contribution in [0.25, 0.3) is 0 Å². The van der Waals surface area contributed by atoms with Gasteiger partial charge in [0.25, 0.3) is 0 Å². The Kier molecular flexibility index (Phi) is 3.36. The molecule has 2 aromatic heterocycles. The van der Waals surface area contributed by atoms with E-state index in [0.717, 1.165) is 11.4 Å². The van der Waals surface area contributed by atoms with Gasteiger partial charge in [0.15, 0.2) is 0 Å². The molecule has 0 radical (unpaired) electrons. The zero-order valence-corrected chi connectivity index (χ0v) is 10.5. The normalized spacial score (nSPS) is 12.9. The lowest BCUT2D eigenvalue weighted by atomic mass is 10.2. The Bertz CT molecular complexity index is 463. The zero-order valence-electron chi connectivity index (χ0n) is 9.65. The molecular weight excluding hydrogens is 222 g/mol. The number of thiophene rings is 1. The Morgan fingerprint density at radius 1 is 1.38 bits per heavy atom. The van der Waals surface area contributed by atoms with Gasteiger partial charge in [0, 0.05) is 22.3 Å². The number of hydrogen-bond donors (Lipinski definition) is 1. The number of aromatic nitrogens is 2. The van der Waals surface area contributed by atoms with Crippen LogP contribution in [-0.4, -0.2) is 10.3 Å². The summed E-state index contributed by atoms with van der Waals surface area (Å²) < 4.78 is 4.65. The van der Waals surface area contributed by atoms with E-state index in [2.05, 4.69) is 46.2 Å². The molecule has 2 rings (SSSR count). The van der Waals surface area contributed by atoms with Crippen LogP contribution in [0.5, 0.6) is 0 Å². The summed E-state index contributed by atoms with van der Waals surface area (Å²) in [6.45, 7) is 6.85. The van der Waals surface area contributed by atoms with E-state index in [0.29, 0.717) is 12.6 Å². The first-order valence-corrected chi connectivity index (χ1v) is 6.06. The topological polar surface area (TPSA) is 51.0 Å². The van der Waals surface area contributed by atoms with Gasteiger partial charge in [-0.1, -0.05) is 10.3 Å². The van der Waals surface area contributed by atoms with Gasteiger partial charge in [-0.3, -0.25) is 0 Å². The maximum absolute atomic E-state index is 4.65. The molecule has 2 heterocycles. The van der Waals surface area contributed by atoms with Crippen LogP contribution >= 0.6 is 11.3 Å². The maximum atomic E-state index is 4.65. The van der Waals surface area contributed by atoms with Crippen LogP contribution < -0.4 is 5.32 Å². The minimum Gasteiger partial charge on any atom is -0.304 e. The van der Waals surface area contributed by atoms with E-state index in [1.165, 1.54) is 9.75 Å². The molecule has 0 aromatic carbocycles. The van der Waals surface area contributed by atoms with Gasteiger partial charge in [0.1, 0.15) is 11.4 Å². The van der Waals surface area contributed by atoms with Gasteiger partial charge in [-0.05, 0) is 32.9 Å². The molecule has 1 atom stereocenters. The standard InChI is InChI=1S/C11H15N3OS/c1-7-4-5-11(16-7)9(3)12-6-10-8(2)13-15-14-10/h4-5,9,12H,6H2,1-3H3. The van der Waals surface area contributed by atoms with Crippen LogP contribution in [0.15, 0.2) is 16.8 Å². The lowest BCUT2D eigenvalue weighted by Gasteiger charge is -2.10. The van der Waals surface area contributed by atoms with E-state index < -0.39 is 0 Å². The maximum Gasteiger partial charge on any atom is 0.121 e. The van der Waals surface area contributed by atoms with Crippen LogP contribution in [0, 0.1) is 13.8 Å². The molecule has 0 aliphatic carbocycles. The summed E-state index contributed by atoms with van der Waals surface area (Å²) in [5.41, 5.74) is 1.72. The van der Waals surface area contributed by atoms with Crippen molar-refractivity contribution < 1.29 is 4.63 Å². The van der Waals surface area contributed by atoms with E-state index in [1.807, 2.05) is 18.3 Å². The van der Waals surface area contributed by atoms with E-state index in [4.69, 9.17) is 0 Å². The lowest BCUT2D eigenvalue weighted by Crippen LogP contribution is -2.17. The average Bonchev–Trinajstić information content (AvgIpc) is 2.84. The lowest BCUT2D eigenvalue weighted by molar-refractivity contribution is 0.300. The highest BCUT2D eigenvalue weighted by atomic mass is 32.1. The molecule has 0 aliphatic rings. The van der Waals surface area contributed by atoms with Crippen LogP contribution in [0.1, 0.15) is 34.1 Å². The average molecular weight is 237 g/mol. The van der Waals surface area contributed by atoms with Crippen LogP contribution in [0.4, 0.5) is 0 Å². The van der Waals surface area contributed by atoms with Crippen molar-refractivity contribution in [1.29, 1.82) is 0 Å². The van der Waals surface area contributed by atoms with Crippen molar-refractivity contribution in [2.75, 3.05) is 0 Å². The van der Waals surface area contributed by atoms with Gasteiger partial charge in [-0.25, -0.2) is 4.63 Å². The molecule has 0 amide bonds. The first-order valence-electron chi connectivity index (χ1n) is 5.24. The number of rotatable bonds is 4. The predicted octanol–water partition coefficient (Wildman–Crippen LogP) is 2.60. The molecule has 0 spiro atoms. The number of hydrogen-bond acceptors (Lipinski definition) is 5. The first-order chi connectivity index (χ1) is 7.66. The van der Waals surface area contributed by atoms with Crippen molar-refractivity contribution in [1.82, 2.24) is 15.6 Å². The molecule has 0 bridgehead atoms. The summed E-state index contributed by atoms with van der Waals surface area (Å²) >= 11 is 1.82. The number of aryl methyl sites for hydroxylation is 2. The Hall–Kier alpha value is -1.20. The van der Waals surface area contributed by atoms with Gasteiger partial charge in [0.05, 0.1) is 0 Å². The van der Waals surface area contributed by atoms with Gasteiger partial charge < -0.3 is 5.32 Å². The summed E-state index contributed by atoms with van der Waals surface area (Å²) in [5.74, 6) is 0. The molecule has 1 unspecified atom stereocenters. The third kappa shape index (κ3) is 2.48. The highest BCUT2D eigenvalue weighted by Crippen LogP contribution is 2.22. The van der Waals surface area contributed by atoms with Crippen molar-refractivity contribution >= 4 is 11.3 Å².